The van der Waals surface area contributed by atoms with E-state index in [4.69, 9.17) is 4.74 Å². The third kappa shape index (κ3) is 6.74. The van der Waals surface area contributed by atoms with E-state index < -0.39 is 11.7 Å². The van der Waals surface area contributed by atoms with Gasteiger partial charge in [0, 0.05) is 40.9 Å². The average molecular weight is 412 g/mol. The van der Waals surface area contributed by atoms with Crippen molar-refractivity contribution in [2.45, 2.75) is 32.6 Å². The summed E-state index contributed by atoms with van der Waals surface area (Å²) < 4.78 is 45.2. The molecule has 1 aromatic heterocycles. The Balaban J connectivity index is 2.09. The minimum atomic E-state index is -4.34. The van der Waals surface area contributed by atoms with E-state index in [1.54, 1.807) is 7.11 Å². The largest absolute Gasteiger partial charge is 0.416 e. The Morgan fingerprint density at radius 1 is 1.24 bits per heavy atom. The van der Waals surface area contributed by atoms with Gasteiger partial charge in [-0.3, -0.25) is 0 Å². The predicted octanol–water partition coefficient (Wildman–Crippen LogP) is 2.76. The number of rotatable bonds is 8. The van der Waals surface area contributed by atoms with Gasteiger partial charge >= 0.3 is 6.18 Å². The quantitative estimate of drug-likeness (QED) is 0.410. The molecule has 0 unspecified atom stereocenters. The molecule has 0 aliphatic carbocycles. The Morgan fingerprint density at radius 3 is 2.48 bits per heavy atom. The van der Waals surface area contributed by atoms with Gasteiger partial charge in [0.05, 0.1) is 5.56 Å². The number of benzene rings is 1. The molecule has 160 valence electrons. The van der Waals surface area contributed by atoms with Crippen LogP contribution in [0.25, 0.3) is 0 Å². The molecule has 0 aliphatic rings. The minimum Gasteiger partial charge on any atom is -0.385 e. The van der Waals surface area contributed by atoms with Gasteiger partial charge in [0.25, 0.3) is 0 Å². The molecule has 0 fully saturated rings. The molecular weight excluding hydrogens is 385 g/mol. The zero-order valence-electron chi connectivity index (χ0n) is 17.1. The van der Waals surface area contributed by atoms with E-state index in [1.807, 2.05) is 30.5 Å². The van der Waals surface area contributed by atoms with Gasteiger partial charge in [-0.25, -0.2) is 4.99 Å². The highest BCUT2D eigenvalue weighted by Crippen LogP contribution is 2.29. The zero-order valence-corrected chi connectivity index (χ0v) is 17.1. The normalized spacial score (nSPS) is 12.3. The van der Waals surface area contributed by atoms with Gasteiger partial charge in [-0.1, -0.05) is 12.1 Å². The number of alkyl halides is 3. The summed E-state index contributed by atoms with van der Waals surface area (Å²) in [4.78, 5) is 6.47. The monoisotopic (exact) mass is 412 g/mol. The molecule has 1 aromatic carbocycles. The highest BCUT2D eigenvalue weighted by Gasteiger charge is 2.29. The van der Waals surface area contributed by atoms with E-state index in [0.29, 0.717) is 32.2 Å². The molecule has 7 nitrogen and oxygen atoms in total. The van der Waals surface area contributed by atoms with Crippen LogP contribution in [0.4, 0.5) is 13.2 Å². The Labute approximate surface area is 168 Å². The number of aliphatic imine (C=N–C) groups is 1. The molecule has 0 saturated carbocycles. The summed E-state index contributed by atoms with van der Waals surface area (Å²) in [5.41, 5.74) is 0.0922. The first-order valence-electron chi connectivity index (χ1n) is 9.21. The lowest BCUT2D eigenvalue weighted by molar-refractivity contribution is -0.137. The molecule has 0 aliphatic heterocycles. The number of hydrogen-bond acceptors (Lipinski definition) is 4. The van der Waals surface area contributed by atoms with Crippen molar-refractivity contribution in [1.29, 1.82) is 0 Å². The molecule has 2 rings (SSSR count). The number of aryl methyl sites for hydroxylation is 1. The number of hydrogen-bond donors (Lipinski definition) is 1. The van der Waals surface area contributed by atoms with Crippen LogP contribution in [0.5, 0.6) is 0 Å². The van der Waals surface area contributed by atoms with E-state index in [0.717, 1.165) is 35.8 Å². The maximum Gasteiger partial charge on any atom is 0.416 e. The van der Waals surface area contributed by atoms with E-state index in [1.165, 1.54) is 12.1 Å². The fourth-order valence-corrected chi connectivity index (χ4v) is 2.61. The maximum absolute atomic E-state index is 12.7. The van der Waals surface area contributed by atoms with Crippen LogP contribution in [0.15, 0.2) is 29.3 Å². The third-order valence-electron chi connectivity index (χ3n) is 4.42. The van der Waals surface area contributed by atoms with Gasteiger partial charge in [-0.15, -0.1) is 10.2 Å². The van der Waals surface area contributed by atoms with Gasteiger partial charge in [0.2, 0.25) is 0 Å². The molecular formula is C19H27F3N6O. The standard InChI is InChI=1S/C19H27F3N6O/c1-14-25-26-17(28(14)3)12-24-18(23-10-5-11-29-4)27(2)13-15-6-8-16(9-7-15)19(20,21)22/h6-9H,5,10-13H2,1-4H3,(H,23,24). The Hall–Kier alpha value is -2.62. The number of guanidine groups is 1. The van der Waals surface area contributed by atoms with Crippen LogP contribution in [0.3, 0.4) is 0 Å². The van der Waals surface area contributed by atoms with Crippen LogP contribution in [0.2, 0.25) is 0 Å². The molecule has 0 atom stereocenters. The summed E-state index contributed by atoms with van der Waals surface area (Å²) in [7, 11) is 5.35. The van der Waals surface area contributed by atoms with Crippen molar-refractivity contribution in [1.82, 2.24) is 25.0 Å². The summed E-state index contributed by atoms with van der Waals surface area (Å²) in [5.74, 6) is 2.14. The molecule has 0 bridgehead atoms. The van der Waals surface area contributed by atoms with Gasteiger partial charge in [0.1, 0.15) is 12.4 Å². The van der Waals surface area contributed by atoms with Crippen LogP contribution >= 0.6 is 0 Å². The van der Waals surface area contributed by atoms with Gasteiger partial charge in [-0.2, -0.15) is 13.2 Å². The number of methoxy groups -OCH3 is 1. The number of nitrogens with one attached hydrogen (secondary N) is 1. The van der Waals surface area contributed by atoms with Crippen molar-refractivity contribution in [3.05, 3.63) is 47.0 Å². The van der Waals surface area contributed by atoms with E-state index in [2.05, 4.69) is 20.5 Å². The van der Waals surface area contributed by atoms with Gasteiger partial charge in [0.15, 0.2) is 11.8 Å². The predicted molar refractivity (Wildman–Crippen MR) is 104 cm³/mol. The topological polar surface area (TPSA) is 67.6 Å². The lowest BCUT2D eigenvalue weighted by Gasteiger charge is -2.23. The number of halogens is 3. The maximum atomic E-state index is 12.7. The second kappa shape index (κ2) is 10.2. The van der Waals surface area contributed by atoms with Crippen LogP contribution in [-0.4, -0.2) is 52.9 Å². The lowest BCUT2D eigenvalue weighted by Crippen LogP contribution is -2.39. The van der Waals surface area contributed by atoms with Crippen molar-refractivity contribution in [2.24, 2.45) is 12.0 Å². The molecule has 0 spiro atoms. The fraction of sp³-hybridized carbons (Fsp3) is 0.526. The van der Waals surface area contributed by atoms with Crippen LogP contribution in [-0.2, 0) is 31.1 Å². The second-order valence-corrected chi connectivity index (χ2v) is 6.69. The van der Waals surface area contributed by atoms with Crippen LogP contribution in [0.1, 0.15) is 29.2 Å². The van der Waals surface area contributed by atoms with E-state index in [9.17, 15) is 13.2 Å². The van der Waals surface area contributed by atoms with E-state index >= 15 is 0 Å². The molecule has 29 heavy (non-hydrogen) atoms. The Kier molecular flexibility index (Phi) is 8.00. The summed E-state index contributed by atoms with van der Waals surface area (Å²) >= 11 is 0. The molecule has 2 aromatic rings. The minimum absolute atomic E-state index is 0.335. The van der Waals surface area contributed by atoms with Crippen molar-refractivity contribution in [2.75, 3.05) is 27.3 Å². The highest BCUT2D eigenvalue weighted by molar-refractivity contribution is 5.79. The zero-order chi connectivity index (χ0) is 21.4. The van der Waals surface area contributed by atoms with Crippen LogP contribution in [0, 0.1) is 6.92 Å². The second-order valence-electron chi connectivity index (χ2n) is 6.69. The fourth-order valence-electron chi connectivity index (χ4n) is 2.61. The molecule has 1 heterocycles. The number of ether oxygens (including phenoxy) is 1. The molecule has 0 amide bonds. The smallest absolute Gasteiger partial charge is 0.385 e. The van der Waals surface area contributed by atoms with Crippen LogP contribution < -0.4 is 5.32 Å². The Bertz CT molecular complexity index is 801. The van der Waals surface area contributed by atoms with Crippen molar-refractivity contribution in [3.63, 3.8) is 0 Å². The first-order valence-corrected chi connectivity index (χ1v) is 9.21. The van der Waals surface area contributed by atoms with Crippen molar-refractivity contribution >= 4 is 5.96 Å². The lowest BCUT2D eigenvalue weighted by atomic mass is 10.1. The third-order valence-corrected chi connectivity index (χ3v) is 4.42. The molecule has 0 saturated heterocycles. The Morgan fingerprint density at radius 2 is 1.93 bits per heavy atom. The van der Waals surface area contributed by atoms with Gasteiger partial charge in [-0.05, 0) is 31.0 Å². The summed E-state index contributed by atoms with van der Waals surface area (Å²) in [6.07, 6.45) is -3.54. The van der Waals surface area contributed by atoms with Crippen molar-refractivity contribution in [3.8, 4) is 0 Å². The average Bonchev–Trinajstić information content (AvgIpc) is 2.99. The SMILES string of the molecule is COCCCNC(=NCc1nnc(C)n1C)N(C)Cc1ccc(C(F)(F)F)cc1. The summed E-state index contributed by atoms with van der Waals surface area (Å²) in [6.45, 7) is 3.88. The highest BCUT2D eigenvalue weighted by atomic mass is 19.4. The molecule has 10 heteroatoms. The first kappa shape index (κ1) is 22.7. The number of nitrogens with zero attached hydrogens (tertiary/aromatic N) is 5. The van der Waals surface area contributed by atoms with Crippen molar-refractivity contribution < 1.29 is 17.9 Å². The van der Waals surface area contributed by atoms with Gasteiger partial charge < -0.3 is 19.5 Å². The molecule has 1 N–H and O–H groups in total. The van der Waals surface area contributed by atoms with E-state index in [-0.39, 0.29) is 0 Å². The number of aromatic nitrogens is 3. The summed E-state index contributed by atoms with van der Waals surface area (Å²) in [5, 5.41) is 11.4. The molecule has 0 radical (unpaired) electrons. The summed E-state index contributed by atoms with van der Waals surface area (Å²) in [6, 6.07) is 5.14. The first-order chi connectivity index (χ1) is 13.7.